The largest absolute Gasteiger partial charge is 0.0991 e. The predicted molar refractivity (Wildman–Crippen MR) is 97.2 cm³/mol. The van der Waals surface area contributed by atoms with Crippen LogP contribution in [-0.4, -0.2) is 0 Å². The molecule has 0 nitrogen and oxygen atoms in total. The molecule has 112 valence electrons. The lowest BCUT2D eigenvalue weighted by molar-refractivity contribution is 0.682. The van der Waals surface area contributed by atoms with Crippen LogP contribution in [0.2, 0.25) is 0 Å². The van der Waals surface area contributed by atoms with E-state index in [0.29, 0.717) is 5.92 Å². The summed E-state index contributed by atoms with van der Waals surface area (Å²) < 4.78 is 0. The fourth-order valence-electron chi connectivity index (χ4n) is 2.70. The maximum absolute atomic E-state index is 3.93. The zero-order valence-electron chi connectivity index (χ0n) is 13.3. The number of hydrogen-bond donors (Lipinski definition) is 0. The first-order valence-electron chi connectivity index (χ1n) is 7.77. The summed E-state index contributed by atoms with van der Waals surface area (Å²) in [6.07, 6.45) is 7.85. The minimum Gasteiger partial charge on any atom is -0.0991 e. The first-order chi connectivity index (χ1) is 10.7. The highest BCUT2D eigenvalue weighted by Crippen LogP contribution is 2.28. The standard InChI is InChI=1S/C22H24/c1-4-9-19(5-2)16-22(17-20-10-7-6-8-11-20)21-14-12-18(3)13-15-21/h4-15,22H,1-2,16-17H2,3H3/b19-9+. The number of allylic oxidation sites excluding steroid dienone is 4. The van der Waals surface area contributed by atoms with Crippen molar-refractivity contribution in [3.63, 3.8) is 0 Å². The smallest absolute Gasteiger partial charge is 0.00810 e. The van der Waals surface area contributed by atoms with Gasteiger partial charge in [0.05, 0.1) is 0 Å². The van der Waals surface area contributed by atoms with Gasteiger partial charge >= 0.3 is 0 Å². The number of benzene rings is 2. The van der Waals surface area contributed by atoms with E-state index in [2.05, 4.69) is 80.8 Å². The third-order valence-electron chi connectivity index (χ3n) is 3.95. The highest BCUT2D eigenvalue weighted by molar-refractivity contribution is 5.31. The Morgan fingerprint density at radius 3 is 2.27 bits per heavy atom. The van der Waals surface area contributed by atoms with Gasteiger partial charge in [-0.25, -0.2) is 0 Å². The molecule has 0 spiro atoms. The van der Waals surface area contributed by atoms with Crippen LogP contribution in [-0.2, 0) is 6.42 Å². The number of hydrogen-bond acceptors (Lipinski definition) is 0. The summed E-state index contributed by atoms with van der Waals surface area (Å²) in [6.45, 7) is 9.86. The molecule has 0 radical (unpaired) electrons. The second-order valence-corrected chi connectivity index (χ2v) is 5.68. The van der Waals surface area contributed by atoms with Crippen LogP contribution >= 0.6 is 0 Å². The highest BCUT2D eigenvalue weighted by atomic mass is 14.2. The van der Waals surface area contributed by atoms with Crippen LogP contribution in [0.1, 0.15) is 29.0 Å². The fraction of sp³-hybridized carbons (Fsp3) is 0.182. The molecule has 2 rings (SSSR count). The van der Waals surface area contributed by atoms with Gasteiger partial charge in [0.1, 0.15) is 0 Å². The molecule has 1 atom stereocenters. The molecule has 0 saturated carbocycles. The second-order valence-electron chi connectivity index (χ2n) is 5.68. The Morgan fingerprint density at radius 1 is 1.00 bits per heavy atom. The van der Waals surface area contributed by atoms with Crippen LogP contribution in [0.15, 0.2) is 91.6 Å². The Hall–Kier alpha value is -2.34. The van der Waals surface area contributed by atoms with Gasteiger partial charge in [0, 0.05) is 0 Å². The van der Waals surface area contributed by atoms with Crippen LogP contribution in [0.25, 0.3) is 0 Å². The molecule has 22 heavy (non-hydrogen) atoms. The first-order valence-corrected chi connectivity index (χ1v) is 7.77. The van der Waals surface area contributed by atoms with Gasteiger partial charge in [-0.2, -0.15) is 0 Å². The Balaban J connectivity index is 2.27. The van der Waals surface area contributed by atoms with Gasteiger partial charge in [-0.3, -0.25) is 0 Å². The predicted octanol–water partition coefficient (Wildman–Crippen LogP) is 6.01. The van der Waals surface area contributed by atoms with E-state index in [9.17, 15) is 0 Å². The van der Waals surface area contributed by atoms with Gasteiger partial charge in [-0.05, 0) is 42.4 Å². The number of aryl methyl sites for hydroxylation is 1. The molecule has 0 fully saturated rings. The highest BCUT2D eigenvalue weighted by Gasteiger charge is 2.13. The Bertz CT molecular complexity index is 629. The van der Waals surface area contributed by atoms with E-state index in [1.165, 1.54) is 22.3 Å². The van der Waals surface area contributed by atoms with Gasteiger partial charge in [0.25, 0.3) is 0 Å². The van der Waals surface area contributed by atoms with Crippen molar-refractivity contribution in [2.45, 2.75) is 25.7 Å². The molecule has 0 aliphatic rings. The summed E-state index contributed by atoms with van der Waals surface area (Å²) >= 11 is 0. The Kier molecular flexibility index (Phi) is 5.97. The summed E-state index contributed by atoms with van der Waals surface area (Å²) in [4.78, 5) is 0. The molecule has 2 aromatic rings. The summed E-state index contributed by atoms with van der Waals surface area (Å²) in [5.74, 6) is 0.451. The minimum absolute atomic E-state index is 0.451. The normalized spacial score (nSPS) is 12.7. The average molecular weight is 288 g/mol. The molecule has 0 bridgehead atoms. The van der Waals surface area contributed by atoms with Crippen LogP contribution < -0.4 is 0 Å². The molecule has 2 aromatic carbocycles. The van der Waals surface area contributed by atoms with Gasteiger partial charge < -0.3 is 0 Å². The molecule has 0 heterocycles. The summed E-state index contributed by atoms with van der Waals surface area (Å²) in [6, 6.07) is 19.6. The molecule has 0 aliphatic carbocycles. The maximum Gasteiger partial charge on any atom is -0.00810 e. The quantitative estimate of drug-likeness (QED) is 0.547. The van der Waals surface area contributed by atoms with Gasteiger partial charge in [0.15, 0.2) is 0 Å². The van der Waals surface area contributed by atoms with E-state index in [0.717, 1.165) is 12.8 Å². The van der Waals surface area contributed by atoms with Crippen molar-refractivity contribution >= 4 is 0 Å². The molecular formula is C22H24. The molecule has 0 aliphatic heterocycles. The lowest BCUT2D eigenvalue weighted by atomic mass is 9.86. The van der Waals surface area contributed by atoms with Crippen LogP contribution in [0, 0.1) is 6.92 Å². The average Bonchev–Trinajstić information content (AvgIpc) is 2.55. The molecule has 0 aromatic heterocycles. The van der Waals surface area contributed by atoms with Crippen molar-refractivity contribution in [1.29, 1.82) is 0 Å². The Labute approximate surface area is 134 Å². The molecule has 0 heteroatoms. The lowest BCUT2D eigenvalue weighted by Crippen LogP contribution is -2.04. The maximum atomic E-state index is 3.93. The van der Waals surface area contributed by atoms with E-state index >= 15 is 0 Å². The van der Waals surface area contributed by atoms with E-state index in [1.54, 1.807) is 0 Å². The minimum atomic E-state index is 0.451. The summed E-state index contributed by atoms with van der Waals surface area (Å²) in [5.41, 5.74) is 5.28. The van der Waals surface area contributed by atoms with Crippen molar-refractivity contribution in [3.05, 3.63) is 108 Å². The van der Waals surface area contributed by atoms with Crippen molar-refractivity contribution in [1.82, 2.24) is 0 Å². The lowest BCUT2D eigenvalue weighted by Gasteiger charge is -2.18. The van der Waals surface area contributed by atoms with E-state index in [-0.39, 0.29) is 0 Å². The van der Waals surface area contributed by atoms with Crippen LogP contribution in [0.5, 0.6) is 0 Å². The number of rotatable bonds is 7. The van der Waals surface area contributed by atoms with Gasteiger partial charge in [0.2, 0.25) is 0 Å². The van der Waals surface area contributed by atoms with Crippen molar-refractivity contribution in [2.24, 2.45) is 0 Å². The zero-order chi connectivity index (χ0) is 15.8. The third kappa shape index (κ3) is 4.60. The topological polar surface area (TPSA) is 0 Å². The SMILES string of the molecule is C=C/C=C(\C=C)CC(Cc1ccccc1)c1ccc(C)cc1. The van der Waals surface area contributed by atoms with Crippen molar-refractivity contribution in [3.8, 4) is 0 Å². The summed E-state index contributed by atoms with van der Waals surface area (Å²) in [7, 11) is 0. The van der Waals surface area contributed by atoms with E-state index in [1.807, 2.05) is 12.2 Å². The second kappa shape index (κ2) is 8.19. The first kappa shape index (κ1) is 16.0. The van der Waals surface area contributed by atoms with Gasteiger partial charge in [-0.15, -0.1) is 0 Å². The molecular weight excluding hydrogens is 264 g/mol. The monoisotopic (exact) mass is 288 g/mol. The third-order valence-corrected chi connectivity index (χ3v) is 3.95. The van der Waals surface area contributed by atoms with Crippen molar-refractivity contribution < 1.29 is 0 Å². The van der Waals surface area contributed by atoms with Crippen LogP contribution in [0.4, 0.5) is 0 Å². The molecule has 0 saturated heterocycles. The van der Waals surface area contributed by atoms with Crippen molar-refractivity contribution in [2.75, 3.05) is 0 Å². The summed E-state index contributed by atoms with van der Waals surface area (Å²) in [5, 5.41) is 0. The molecule has 0 N–H and O–H groups in total. The van der Waals surface area contributed by atoms with E-state index in [4.69, 9.17) is 0 Å². The molecule has 1 unspecified atom stereocenters. The van der Waals surface area contributed by atoms with Gasteiger partial charge in [-0.1, -0.05) is 91.5 Å². The fourth-order valence-corrected chi connectivity index (χ4v) is 2.70. The zero-order valence-corrected chi connectivity index (χ0v) is 13.3. The van der Waals surface area contributed by atoms with E-state index < -0.39 is 0 Å². The van der Waals surface area contributed by atoms with Crippen LogP contribution in [0.3, 0.4) is 0 Å². The molecule has 0 amide bonds. The Morgan fingerprint density at radius 2 is 1.68 bits per heavy atom.